The molecule has 110 valence electrons. The van der Waals surface area contributed by atoms with E-state index in [1.54, 1.807) is 6.07 Å². The van der Waals surface area contributed by atoms with Crippen LogP contribution in [0.5, 0.6) is 0 Å². The van der Waals surface area contributed by atoms with E-state index in [0.29, 0.717) is 0 Å². The van der Waals surface area contributed by atoms with Crippen molar-refractivity contribution in [3.8, 4) is 6.07 Å². The molecule has 1 aromatic carbocycles. The first kappa shape index (κ1) is 15.2. The van der Waals surface area contributed by atoms with Crippen LogP contribution in [0.4, 0.5) is 0 Å². The molecule has 1 saturated heterocycles. The molecule has 8 heteroatoms. The lowest BCUT2D eigenvalue weighted by atomic mass is 10.0. The summed E-state index contributed by atoms with van der Waals surface area (Å²) >= 11 is 0. The van der Waals surface area contributed by atoms with Gasteiger partial charge in [-0.15, -0.1) is 0 Å². The molecule has 0 radical (unpaired) electrons. The zero-order valence-corrected chi connectivity index (χ0v) is 12.3. The van der Waals surface area contributed by atoms with Crippen molar-refractivity contribution in [3.05, 3.63) is 29.8 Å². The summed E-state index contributed by atoms with van der Waals surface area (Å²) < 4.78 is 26.2. The number of sulfonamides is 1. The number of nitrogens with one attached hydrogen (secondary N) is 1. The third kappa shape index (κ3) is 2.41. The molecule has 0 spiro atoms. The summed E-state index contributed by atoms with van der Waals surface area (Å²) in [5, 5.41) is 11.1. The molecular weight excluding hydrogens is 294 g/mol. The van der Waals surface area contributed by atoms with Crippen molar-refractivity contribution in [2.45, 2.75) is 24.3 Å². The zero-order valence-electron chi connectivity index (χ0n) is 11.5. The van der Waals surface area contributed by atoms with E-state index in [1.807, 2.05) is 0 Å². The van der Waals surface area contributed by atoms with Gasteiger partial charge in [0.2, 0.25) is 21.8 Å². The molecule has 7 nitrogen and oxygen atoms in total. The fourth-order valence-electron chi connectivity index (χ4n) is 2.05. The molecule has 1 aromatic rings. The number of nitrogens with zero attached hydrogens (tertiary/aromatic N) is 2. The predicted octanol–water partition coefficient (Wildman–Crippen LogP) is -0.0160. The maximum Gasteiger partial charge on any atom is 0.247 e. The van der Waals surface area contributed by atoms with Gasteiger partial charge in [0.25, 0.3) is 0 Å². The highest BCUT2D eigenvalue weighted by Crippen LogP contribution is 2.28. The van der Waals surface area contributed by atoms with Gasteiger partial charge in [0.15, 0.2) is 0 Å². The van der Waals surface area contributed by atoms with Crippen molar-refractivity contribution in [2.75, 3.05) is 6.54 Å². The van der Waals surface area contributed by atoms with Crippen molar-refractivity contribution >= 4 is 21.8 Å². The summed E-state index contributed by atoms with van der Waals surface area (Å²) in [7, 11) is -4.15. The number of carbonyl (C=O) groups excluding carboxylic acids is 2. The summed E-state index contributed by atoms with van der Waals surface area (Å²) in [6, 6.07) is 7.46. The van der Waals surface area contributed by atoms with Crippen molar-refractivity contribution < 1.29 is 18.0 Å². The van der Waals surface area contributed by atoms with Gasteiger partial charge >= 0.3 is 0 Å². The van der Waals surface area contributed by atoms with Crippen molar-refractivity contribution in [3.63, 3.8) is 0 Å². The Hall–Kier alpha value is -2.24. The van der Waals surface area contributed by atoms with Crippen LogP contribution in [0, 0.1) is 11.3 Å². The van der Waals surface area contributed by atoms with Crippen molar-refractivity contribution in [1.29, 1.82) is 5.26 Å². The van der Waals surface area contributed by atoms with E-state index in [0.717, 1.165) is 4.31 Å². The number of nitriles is 1. The van der Waals surface area contributed by atoms with Gasteiger partial charge in [-0.25, -0.2) is 8.42 Å². The highest BCUT2D eigenvalue weighted by atomic mass is 32.2. The van der Waals surface area contributed by atoms with E-state index in [-0.39, 0.29) is 10.5 Å². The number of rotatable bonds is 2. The third-order valence-electron chi connectivity index (χ3n) is 3.29. The number of hydrogen-bond donors (Lipinski definition) is 1. The minimum absolute atomic E-state index is 0.0354. The average Bonchev–Trinajstić information content (AvgIpc) is 2.43. The van der Waals surface area contributed by atoms with Crippen molar-refractivity contribution in [1.82, 2.24) is 9.62 Å². The second-order valence-corrected chi connectivity index (χ2v) is 6.89. The number of benzene rings is 1. The normalized spacial score (nSPS) is 18.9. The Kier molecular flexibility index (Phi) is 3.57. The Morgan fingerprint density at radius 1 is 1.29 bits per heavy atom. The summed E-state index contributed by atoms with van der Waals surface area (Å²) in [5.41, 5.74) is -1.46. The second-order valence-electron chi connectivity index (χ2n) is 5.06. The highest BCUT2D eigenvalue weighted by Gasteiger charge is 2.48. The summed E-state index contributed by atoms with van der Waals surface area (Å²) in [6.45, 7) is 2.34. The Morgan fingerprint density at radius 2 is 1.90 bits per heavy atom. The van der Waals surface area contributed by atoms with E-state index in [1.165, 1.54) is 38.1 Å². The molecule has 2 amide bonds. The molecule has 0 atom stereocenters. The number of amides is 2. The molecule has 0 aliphatic carbocycles. The number of hydrogen-bond acceptors (Lipinski definition) is 5. The number of imide groups is 1. The molecule has 1 aliphatic rings. The van der Waals surface area contributed by atoms with Gasteiger partial charge in [-0.3, -0.25) is 14.9 Å². The van der Waals surface area contributed by atoms with Gasteiger partial charge in [0, 0.05) is 0 Å². The fraction of sp³-hybridized carbons (Fsp3) is 0.308. The molecule has 21 heavy (non-hydrogen) atoms. The summed E-state index contributed by atoms with van der Waals surface area (Å²) in [5.74, 6) is -1.39. The largest absolute Gasteiger partial charge is 0.294 e. The Labute approximate surface area is 122 Å². The predicted molar refractivity (Wildman–Crippen MR) is 72.3 cm³/mol. The van der Waals surface area contributed by atoms with Crippen LogP contribution in [0.2, 0.25) is 0 Å². The molecule has 0 saturated carbocycles. The molecular formula is C13H13N3O4S. The topological polar surface area (TPSA) is 107 Å². The quantitative estimate of drug-likeness (QED) is 0.773. The zero-order chi connectivity index (χ0) is 15.8. The van der Waals surface area contributed by atoms with Crippen LogP contribution in [0.25, 0.3) is 0 Å². The van der Waals surface area contributed by atoms with Gasteiger partial charge in [-0.1, -0.05) is 12.1 Å². The lowest BCUT2D eigenvalue weighted by Crippen LogP contribution is -2.65. The highest BCUT2D eigenvalue weighted by molar-refractivity contribution is 7.89. The molecule has 0 aromatic heterocycles. The standard InChI is InChI=1S/C13H13N3O4S/c1-13(2)12(18)15-11(17)8-16(13)21(19,20)10-6-4-3-5-9(10)7-14/h3-6H,8H2,1-2H3,(H,15,17,18). The first-order valence-corrected chi connectivity index (χ1v) is 7.51. The molecule has 2 rings (SSSR count). The summed E-state index contributed by atoms with van der Waals surface area (Å²) in [6.07, 6.45) is 0. The molecule has 0 bridgehead atoms. The Balaban J connectivity index is 2.60. The maximum atomic E-state index is 12.7. The van der Waals surface area contributed by atoms with Gasteiger partial charge < -0.3 is 0 Å². The number of carbonyl (C=O) groups is 2. The molecule has 1 fully saturated rings. The van der Waals surface area contributed by atoms with Gasteiger partial charge in [-0.05, 0) is 26.0 Å². The van der Waals surface area contributed by atoms with Crippen LogP contribution in [0.1, 0.15) is 19.4 Å². The van der Waals surface area contributed by atoms with Crippen LogP contribution >= 0.6 is 0 Å². The summed E-state index contributed by atoms with van der Waals surface area (Å²) in [4.78, 5) is 23.1. The van der Waals surface area contributed by atoms with E-state index in [2.05, 4.69) is 5.32 Å². The van der Waals surface area contributed by atoms with Gasteiger partial charge in [0.1, 0.15) is 11.6 Å². The fourth-order valence-corrected chi connectivity index (χ4v) is 3.90. The van der Waals surface area contributed by atoms with E-state index >= 15 is 0 Å². The lowest BCUT2D eigenvalue weighted by Gasteiger charge is -2.38. The van der Waals surface area contributed by atoms with Crippen LogP contribution < -0.4 is 5.32 Å². The number of piperazine rings is 1. The smallest absolute Gasteiger partial charge is 0.247 e. The van der Waals surface area contributed by atoms with E-state index < -0.39 is 33.9 Å². The molecule has 1 aliphatic heterocycles. The first-order valence-electron chi connectivity index (χ1n) is 6.07. The SMILES string of the molecule is CC1(C)C(=O)NC(=O)CN1S(=O)(=O)c1ccccc1C#N. The van der Waals surface area contributed by atoms with Gasteiger partial charge in [0.05, 0.1) is 17.0 Å². The monoisotopic (exact) mass is 307 g/mol. The average molecular weight is 307 g/mol. The lowest BCUT2D eigenvalue weighted by molar-refractivity contribution is -0.141. The minimum Gasteiger partial charge on any atom is -0.294 e. The van der Waals surface area contributed by atoms with E-state index in [9.17, 15) is 18.0 Å². The van der Waals surface area contributed by atoms with Gasteiger partial charge in [-0.2, -0.15) is 9.57 Å². The molecule has 1 heterocycles. The van der Waals surface area contributed by atoms with Crippen LogP contribution in [-0.2, 0) is 19.6 Å². The third-order valence-corrected chi connectivity index (χ3v) is 5.37. The molecule has 0 unspecified atom stereocenters. The minimum atomic E-state index is -4.15. The second kappa shape index (κ2) is 4.95. The van der Waals surface area contributed by atoms with Crippen LogP contribution in [-0.4, -0.2) is 36.6 Å². The van der Waals surface area contributed by atoms with Crippen molar-refractivity contribution in [2.24, 2.45) is 0 Å². The Morgan fingerprint density at radius 3 is 2.52 bits per heavy atom. The van der Waals surface area contributed by atoms with E-state index in [4.69, 9.17) is 5.26 Å². The van der Waals surface area contributed by atoms with Crippen LogP contribution in [0.3, 0.4) is 0 Å². The molecule has 1 N–H and O–H groups in total. The maximum absolute atomic E-state index is 12.7. The first-order chi connectivity index (χ1) is 9.71. The Bertz CT molecular complexity index is 762. The van der Waals surface area contributed by atoms with Crippen LogP contribution in [0.15, 0.2) is 29.2 Å².